The van der Waals surface area contributed by atoms with Crippen LogP contribution in [-0.4, -0.2) is 50.9 Å². The van der Waals surface area contributed by atoms with E-state index in [9.17, 15) is 13.2 Å². The van der Waals surface area contributed by atoms with Gasteiger partial charge in [-0.25, -0.2) is 4.79 Å². The van der Waals surface area contributed by atoms with Crippen molar-refractivity contribution >= 4 is 26.8 Å². The fourth-order valence-electron chi connectivity index (χ4n) is 3.53. The minimum Gasteiger partial charge on any atom is -0.356 e. The van der Waals surface area contributed by atoms with Gasteiger partial charge in [-0.05, 0) is 32.3 Å². The summed E-state index contributed by atoms with van der Waals surface area (Å²) in [5, 5.41) is 5.64. The van der Waals surface area contributed by atoms with E-state index < -0.39 is 10.0 Å². The van der Waals surface area contributed by atoms with Crippen molar-refractivity contribution in [1.29, 1.82) is 0 Å². The molecule has 3 rings (SSSR count). The van der Waals surface area contributed by atoms with E-state index >= 15 is 0 Å². The Morgan fingerprint density at radius 1 is 1.25 bits per heavy atom. The summed E-state index contributed by atoms with van der Waals surface area (Å²) in [6, 6.07) is 7.29. The van der Waals surface area contributed by atoms with Gasteiger partial charge in [0.25, 0.3) is 10.0 Å². The van der Waals surface area contributed by atoms with E-state index in [1.54, 1.807) is 6.08 Å². The minimum absolute atomic E-state index is 0.0560. The second kappa shape index (κ2) is 8.18. The molecule has 0 unspecified atom stereocenters. The molecule has 2 aliphatic rings. The lowest BCUT2D eigenvalue weighted by molar-refractivity contribution is 0.227. The number of aryl methyl sites for hydroxylation is 1. The van der Waals surface area contributed by atoms with Crippen LogP contribution >= 0.6 is 0 Å². The third-order valence-corrected chi connectivity index (χ3v) is 6.46. The molecule has 1 saturated heterocycles. The third kappa shape index (κ3) is 4.27. The standard InChI is InChI=1S/C20H26N4O3S/c1-4-11-21-20(25)22-17-9-12-24(13-10-17)19-15(3)18(28(26,27)23-19)16-7-5-14(2)6-8-16/h4-8,17H,1,9-13H2,2-3H3,(H2,21,22,25). The Morgan fingerprint density at radius 3 is 2.50 bits per heavy atom. The zero-order chi connectivity index (χ0) is 20.3. The first-order chi connectivity index (χ1) is 13.3. The number of benzene rings is 1. The van der Waals surface area contributed by atoms with Gasteiger partial charge in [0.1, 0.15) is 10.7 Å². The van der Waals surface area contributed by atoms with Gasteiger partial charge in [-0.15, -0.1) is 11.0 Å². The highest BCUT2D eigenvalue weighted by atomic mass is 32.2. The zero-order valence-electron chi connectivity index (χ0n) is 16.2. The molecule has 0 spiro atoms. The third-order valence-electron chi connectivity index (χ3n) is 4.99. The molecule has 1 aromatic rings. The van der Waals surface area contributed by atoms with Crippen LogP contribution in [0.25, 0.3) is 4.91 Å². The average molecular weight is 403 g/mol. The molecule has 8 heteroatoms. The van der Waals surface area contributed by atoms with Crippen molar-refractivity contribution in [2.45, 2.75) is 32.7 Å². The summed E-state index contributed by atoms with van der Waals surface area (Å²) in [4.78, 5) is 14.1. The van der Waals surface area contributed by atoms with E-state index in [-0.39, 0.29) is 17.0 Å². The molecule has 0 aliphatic carbocycles. The van der Waals surface area contributed by atoms with Crippen LogP contribution in [-0.2, 0) is 10.0 Å². The highest BCUT2D eigenvalue weighted by molar-refractivity contribution is 8.00. The van der Waals surface area contributed by atoms with E-state index in [0.29, 0.717) is 36.6 Å². The van der Waals surface area contributed by atoms with Crippen LogP contribution in [0.5, 0.6) is 0 Å². The molecule has 1 aromatic carbocycles. The summed E-state index contributed by atoms with van der Waals surface area (Å²) in [5.74, 6) is 0.519. The predicted molar refractivity (Wildman–Crippen MR) is 111 cm³/mol. The Bertz CT molecular complexity index is 925. The van der Waals surface area contributed by atoms with Gasteiger partial charge in [0, 0.05) is 31.2 Å². The van der Waals surface area contributed by atoms with Crippen molar-refractivity contribution < 1.29 is 13.2 Å². The van der Waals surface area contributed by atoms with Gasteiger partial charge >= 0.3 is 6.03 Å². The van der Waals surface area contributed by atoms with Gasteiger partial charge in [-0.3, -0.25) is 0 Å². The summed E-state index contributed by atoms with van der Waals surface area (Å²) in [6.45, 7) is 9.04. The second-order valence-electron chi connectivity index (χ2n) is 7.11. The number of rotatable bonds is 4. The largest absolute Gasteiger partial charge is 0.356 e. The van der Waals surface area contributed by atoms with Crippen LogP contribution < -0.4 is 10.6 Å². The minimum atomic E-state index is -3.71. The summed E-state index contributed by atoms with van der Waals surface area (Å²) in [7, 11) is -3.71. The van der Waals surface area contributed by atoms with Crippen LogP contribution in [0.15, 0.2) is 46.9 Å². The molecule has 7 nitrogen and oxygen atoms in total. The lowest BCUT2D eigenvalue weighted by Crippen LogP contribution is -2.49. The Balaban J connectivity index is 1.70. The van der Waals surface area contributed by atoms with Crippen molar-refractivity contribution in [1.82, 2.24) is 15.5 Å². The number of hydrogen-bond acceptors (Lipinski definition) is 4. The summed E-state index contributed by atoms with van der Waals surface area (Å²) < 4.78 is 29.4. The molecule has 28 heavy (non-hydrogen) atoms. The fraction of sp³-hybridized carbons (Fsp3) is 0.400. The van der Waals surface area contributed by atoms with Gasteiger partial charge in [0.05, 0.1) is 0 Å². The topological polar surface area (TPSA) is 90.9 Å². The van der Waals surface area contributed by atoms with Crippen molar-refractivity contribution in [2.24, 2.45) is 4.40 Å². The van der Waals surface area contributed by atoms with Crippen molar-refractivity contribution in [3.05, 3.63) is 53.6 Å². The number of sulfonamides is 1. The normalized spacial score (nSPS) is 19.4. The van der Waals surface area contributed by atoms with Crippen LogP contribution in [0.4, 0.5) is 4.79 Å². The average Bonchev–Trinajstić information content (AvgIpc) is 2.90. The number of carbonyl (C=O) groups excluding carboxylic acids is 1. The van der Waals surface area contributed by atoms with Gasteiger partial charge < -0.3 is 15.5 Å². The molecule has 0 atom stereocenters. The first kappa shape index (κ1) is 20.1. The van der Waals surface area contributed by atoms with Gasteiger partial charge in [0.15, 0.2) is 0 Å². The van der Waals surface area contributed by atoms with Gasteiger partial charge in [0.2, 0.25) is 0 Å². The molecule has 0 bridgehead atoms. The summed E-state index contributed by atoms with van der Waals surface area (Å²) >= 11 is 0. The first-order valence-electron chi connectivity index (χ1n) is 9.35. The molecule has 2 heterocycles. The van der Waals surface area contributed by atoms with Crippen LogP contribution in [0, 0.1) is 6.92 Å². The van der Waals surface area contributed by atoms with Gasteiger partial charge in [-0.2, -0.15) is 8.42 Å². The fourth-order valence-corrected chi connectivity index (χ4v) is 5.01. The van der Waals surface area contributed by atoms with Crippen LogP contribution in [0.2, 0.25) is 0 Å². The number of nitrogens with zero attached hydrogens (tertiary/aromatic N) is 2. The Kier molecular flexibility index (Phi) is 5.88. The monoisotopic (exact) mass is 402 g/mol. The summed E-state index contributed by atoms with van der Waals surface area (Å²) in [5.41, 5.74) is 2.42. The number of amides is 2. The predicted octanol–water partition coefficient (Wildman–Crippen LogP) is 2.42. The maximum absolute atomic E-state index is 12.7. The number of nitrogens with one attached hydrogen (secondary N) is 2. The molecule has 1 fully saturated rings. The molecular weight excluding hydrogens is 376 g/mol. The molecule has 0 aromatic heterocycles. The zero-order valence-corrected chi connectivity index (χ0v) is 17.1. The Labute approximate surface area is 166 Å². The highest BCUT2D eigenvalue weighted by Crippen LogP contribution is 2.34. The van der Waals surface area contributed by atoms with E-state index in [4.69, 9.17) is 0 Å². The smallest absolute Gasteiger partial charge is 0.315 e. The van der Waals surface area contributed by atoms with E-state index in [0.717, 1.165) is 18.4 Å². The number of piperidine rings is 1. The maximum Gasteiger partial charge on any atom is 0.315 e. The Hall–Kier alpha value is -2.61. The van der Waals surface area contributed by atoms with E-state index in [1.807, 2.05) is 43.0 Å². The lowest BCUT2D eigenvalue weighted by atomic mass is 10.0. The molecule has 0 saturated carbocycles. The first-order valence-corrected chi connectivity index (χ1v) is 10.8. The van der Waals surface area contributed by atoms with Crippen LogP contribution in [0.1, 0.15) is 30.9 Å². The number of hydrogen-bond donors (Lipinski definition) is 2. The second-order valence-corrected chi connectivity index (χ2v) is 8.66. The number of carbonyl (C=O) groups is 1. The molecule has 150 valence electrons. The maximum atomic E-state index is 12.7. The van der Waals surface area contributed by atoms with Crippen molar-refractivity contribution in [3.8, 4) is 0 Å². The highest BCUT2D eigenvalue weighted by Gasteiger charge is 2.34. The van der Waals surface area contributed by atoms with Gasteiger partial charge in [-0.1, -0.05) is 35.9 Å². The molecular formula is C20H26N4O3S. The molecule has 2 amide bonds. The number of likely N-dealkylation sites (tertiary alicyclic amines) is 1. The van der Waals surface area contributed by atoms with E-state index in [1.165, 1.54) is 0 Å². The molecule has 2 aliphatic heterocycles. The lowest BCUT2D eigenvalue weighted by Gasteiger charge is -2.33. The van der Waals surface area contributed by atoms with E-state index in [2.05, 4.69) is 21.6 Å². The number of urea groups is 1. The van der Waals surface area contributed by atoms with Crippen LogP contribution in [0.3, 0.4) is 0 Å². The van der Waals surface area contributed by atoms with Crippen molar-refractivity contribution in [3.63, 3.8) is 0 Å². The summed E-state index contributed by atoms with van der Waals surface area (Å²) in [6.07, 6.45) is 3.09. The Morgan fingerprint density at radius 2 is 1.89 bits per heavy atom. The van der Waals surface area contributed by atoms with Crippen molar-refractivity contribution in [2.75, 3.05) is 19.6 Å². The SMILES string of the molecule is C=CCNC(=O)NC1CCN(C2=NS(=O)(=O)C(c3ccc(C)cc3)=C2C)CC1. The number of amidine groups is 1. The molecule has 0 radical (unpaired) electrons. The quantitative estimate of drug-likeness (QED) is 0.757. The molecule has 2 N–H and O–H groups in total.